The van der Waals surface area contributed by atoms with Crippen molar-refractivity contribution in [1.29, 1.82) is 0 Å². The van der Waals surface area contributed by atoms with Crippen LogP contribution in [0.1, 0.15) is 30.8 Å². The molecule has 0 aliphatic carbocycles. The number of carbonyl (C=O) groups excluding carboxylic acids is 1. The second kappa shape index (κ2) is 9.46. The minimum absolute atomic E-state index is 0.00693. The van der Waals surface area contributed by atoms with E-state index in [1.807, 2.05) is 48.5 Å². The molecule has 5 nitrogen and oxygen atoms in total. The minimum Gasteiger partial charge on any atom is -0.483 e. The molecule has 0 aliphatic heterocycles. The van der Waals surface area contributed by atoms with Crippen LogP contribution >= 0.6 is 11.8 Å². The first-order chi connectivity index (χ1) is 13.2. The lowest BCUT2D eigenvalue weighted by Crippen LogP contribution is -2.33. The number of amides is 1. The lowest BCUT2D eigenvalue weighted by atomic mass is 10.1. The number of rotatable bonds is 9. The SMILES string of the molecule is CCc1ccccc1OCC(=O)NC(CCSC)c1nc2ccccc2[nH]1. The van der Waals surface area contributed by atoms with Gasteiger partial charge in [0.2, 0.25) is 0 Å². The number of ether oxygens (including phenoxy) is 1. The average Bonchev–Trinajstić information content (AvgIpc) is 3.13. The van der Waals surface area contributed by atoms with Gasteiger partial charge in [0, 0.05) is 0 Å². The lowest BCUT2D eigenvalue weighted by Gasteiger charge is -2.17. The zero-order valence-electron chi connectivity index (χ0n) is 15.7. The van der Waals surface area contributed by atoms with E-state index in [4.69, 9.17) is 4.74 Å². The Bertz CT molecular complexity index is 861. The maximum Gasteiger partial charge on any atom is 0.258 e. The van der Waals surface area contributed by atoms with E-state index in [9.17, 15) is 4.79 Å². The number of para-hydroxylation sites is 3. The highest BCUT2D eigenvalue weighted by molar-refractivity contribution is 7.98. The van der Waals surface area contributed by atoms with Crippen molar-refractivity contribution in [2.45, 2.75) is 25.8 Å². The molecule has 1 unspecified atom stereocenters. The second-order valence-electron chi connectivity index (χ2n) is 6.29. The van der Waals surface area contributed by atoms with Crippen molar-refractivity contribution in [2.75, 3.05) is 18.6 Å². The van der Waals surface area contributed by atoms with Crippen LogP contribution in [0.15, 0.2) is 48.5 Å². The molecule has 1 atom stereocenters. The maximum absolute atomic E-state index is 12.5. The molecule has 0 aliphatic rings. The summed E-state index contributed by atoms with van der Waals surface area (Å²) in [5.74, 6) is 2.33. The average molecular weight is 384 g/mol. The molecule has 142 valence electrons. The summed E-state index contributed by atoms with van der Waals surface area (Å²) in [5.41, 5.74) is 2.98. The van der Waals surface area contributed by atoms with E-state index in [0.717, 1.165) is 46.8 Å². The molecule has 0 saturated carbocycles. The van der Waals surface area contributed by atoms with Crippen LogP contribution in [-0.4, -0.2) is 34.5 Å². The number of fused-ring (bicyclic) bond motifs is 1. The number of aromatic amines is 1. The number of thioether (sulfide) groups is 1. The third-order valence-corrected chi connectivity index (χ3v) is 5.04. The largest absolute Gasteiger partial charge is 0.483 e. The third kappa shape index (κ3) is 5.04. The summed E-state index contributed by atoms with van der Waals surface area (Å²) in [5, 5.41) is 3.07. The highest BCUT2D eigenvalue weighted by Crippen LogP contribution is 2.21. The summed E-state index contributed by atoms with van der Waals surface area (Å²) in [4.78, 5) is 20.5. The molecule has 0 radical (unpaired) electrons. The van der Waals surface area contributed by atoms with Crippen LogP contribution in [0.3, 0.4) is 0 Å². The lowest BCUT2D eigenvalue weighted by molar-refractivity contribution is -0.123. The summed E-state index contributed by atoms with van der Waals surface area (Å²) < 4.78 is 5.74. The van der Waals surface area contributed by atoms with Gasteiger partial charge in [-0.2, -0.15) is 11.8 Å². The predicted molar refractivity (Wildman–Crippen MR) is 111 cm³/mol. The van der Waals surface area contributed by atoms with E-state index in [1.54, 1.807) is 11.8 Å². The number of hydrogen-bond acceptors (Lipinski definition) is 4. The Morgan fingerprint density at radius 1 is 1.22 bits per heavy atom. The van der Waals surface area contributed by atoms with Crippen molar-refractivity contribution in [3.05, 3.63) is 59.9 Å². The Morgan fingerprint density at radius 2 is 2.00 bits per heavy atom. The number of hydrogen-bond donors (Lipinski definition) is 2. The van der Waals surface area contributed by atoms with E-state index >= 15 is 0 Å². The second-order valence-corrected chi connectivity index (χ2v) is 7.28. The number of benzene rings is 2. The Kier molecular flexibility index (Phi) is 6.76. The Morgan fingerprint density at radius 3 is 2.78 bits per heavy atom. The van der Waals surface area contributed by atoms with E-state index in [0.29, 0.717) is 0 Å². The topological polar surface area (TPSA) is 67.0 Å². The van der Waals surface area contributed by atoms with Crippen molar-refractivity contribution in [2.24, 2.45) is 0 Å². The van der Waals surface area contributed by atoms with Gasteiger partial charge in [0.15, 0.2) is 6.61 Å². The summed E-state index contributed by atoms with van der Waals surface area (Å²) in [6.45, 7) is 2.06. The molecule has 1 aromatic heterocycles. The molecule has 3 rings (SSSR count). The molecule has 0 fully saturated rings. The molecule has 0 spiro atoms. The summed E-state index contributed by atoms with van der Waals surface area (Å²) in [6.07, 6.45) is 3.73. The van der Waals surface area contributed by atoms with Gasteiger partial charge in [-0.1, -0.05) is 37.3 Å². The molecule has 27 heavy (non-hydrogen) atoms. The summed E-state index contributed by atoms with van der Waals surface area (Å²) >= 11 is 1.75. The minimum atomic E-state index is -0.164. The monoisotopic (exact) mass is 383 g/mol. The van der Waals surface area contributed by atoms with Gasteiger partial charge in [-0.25, -0.2) is 4.98 Å². The zero-order valence-corrected chi connectivity index (χ0v) is 16.5. The van der Waals surface area contributed by atoms with Crippen molar-refractivity contribution in [3.8, 4) is 5.75 Å². The Balaban J connectivity index is 1.67. The molecule has 2 aromatic carbocycles. The van der Waals surface area contributed by atoms with E-state index < -0.39 is 0 Å². The first kappa shape index (κ1) is 19.3. The molecular weight excluding hydrogens is 358 g/mol. The molecule has 6 heteroatoms. The molecular formula is C21H25N3O2S. The smallest absolute Gasteiger partial charge is 0.258 e. The van der Waals surface area contributed by atoms with Gasteiger partial charge in [-0.15, -0.1) is 0 Å². The number of aromatic nitrogens is 2. The molecule has 0 bridgehead atoms. The first-order valence-electron chi connectivity index (χ1n) is 9.15. The van der Waals surface area contributed by atoms with Crippen molar-refractivity contribution < 1.29 is 9.53 Å². The van der Waals surface area contributed by atoms with Gasteiger partial charge in [-0.3, -0.25) is 4.79 Å². The van der Waals surface area contributed by atoms with Gasteiger partial charge < -0.3 is 15.0 Å². The normalized spacial score (nSPS) is 12.1. The Labute approximate surface area is 163 Å². The number of H-pyrrole nitrogens is 1. The third-order valence-electron chi connectivity index (χ3n) is 4.40. The van der Waals surface area contributed by atoms with Gasteiger partial charge in [0.25, 0.3) is 5.91 Å². The predicted octanol–water partition coefficient (Wildman–Crippen LogP) is 4.11. The number of carbonyl (C=O) groups is 1. The van der Waals surface area contributed by atoms with E-state index in [1.165, 1.54) is 0 Å². The van der Waals surface area contributed by atoms with Crippen LogP contribution in [0.25, 0.3) is 11.0 Å². The maximum atomic E-state index is 12.5. The van der Waals surface area contributed by atoms with Crippen LogP contribution in [0.4, 0.5) is 0 Å². The fraction of sp³-hybridized carbons (Fsp3) is 0.333. The van der Waals surface area contributed by atoms with Crippen molar-refractivity contribution in [1.82, 2.24) is 15.3 Å². The number of nitrogens with zero attached hydrogens (tertiary/aromatic N) is 1. The standard InChI is InChI=1S/C21H25N3O2S/c1-3-15-8-4-7-11-19(15)26-14-20(25)22-18(12-13-27-2)21-23-16-9-5-6-10-17(16)24-21/h4-11,18H,3,12-14H2,1-2H3,(H,22,25)(H,23,24). The van der Waals surface area contributed by atoms with Gasteiger partial charge >= 0.3 is 0 Å². The van der Waals surface area contributed by atoms with Crippen LogP contribution in [-0.2, 0) is 11.2 Å². The first-order valence-corrected chi connectivity index (χ1v) is 10.5. The van der Waals surface area contributed by atoms with Crippen molar-refractivity contribution in [3.63, 3.8) is 0 Å². The summed E-state index contributed by atoms with van der Waals surface area (Å²) in [6, 6.07) is 15.5. The molecule has 1 heterocycles. The van der Waals surface area contributed by atoms with E-state index in [-0.39, 0.29) is 18.6 Å². The fourth-order valence-corrected chi connectivity index (χ4v) is 3.44. The van der Waals surface area contributed by atoms with Crippen LogP contribution in [0.2, 0.25) is 0 Å². The number of imidazole rings is 1. The van der Waals surface area contributed by atoms with Crippen LogP contribution in [0.5, 0.6) is 5.75 Å². The number of nitrogens with one attached hydrogen (secondary N) is 2. The van der Waals surface area contributed by atoms with Gasteiger partial charge in [0.05, 0.1) is 17.1 Å². The van der Waals surface area contributed by atoms with Gasteiger partial charge in [0.1, 0.15) is 11.6 Å². The molecule has 1 amide bonds. The Hall–Kier alpha value is -2.47. The molecule has 3 aromatic rings. The highest BCUT2D eigenvalue weighted by atomic mass is 32.2. The highest BCUT2D eigenvalue weighted by Gasteiger charge is 2.18. The molecule has 2 N–H and O–H groups in total. The van der Waals surface area contributed by atoms with Gasteiger partial charge in [-0.05, 0) is 48.6 Å². The van der Waals surface area contributed by atoms with E-state index in [2.05, 4.69) is 28.5 Å². The zero-order chi connectivity index (χ0) is 19.1. The van der Waals surface area contributed by atoms with Crippen LogP contribution < -0.4 is 10.1 Å². The fourth-order valence-electron chi connectivity index (χ4n) is 2.97. The van der Waals surface area contributed by atoms with Crippen LogP contribution in [0, 0.1) is 0 Å². The summed E-state index contributed by atoms with van der Waals surface area (Å²) in [7, 11) is 0. The molecule has 0 saturated heterocycles. The quantitative estimate of drug-likeness (QED) is 0.583. The van der Waals surface area contributed by atoms with Crippen molar-refractivity contribution >= 4 is 28.7 Å². The number of aryl methyl sites for hydroxylation is 1.